The average molecular weight is 186 g/mol. The molecule has 4 nitrogen and oxygen atoms in total. The van der Waals surface area contributed by atoms with E-state index in [1.807, 2.05) is 0 Å². The van der Waals surface area contributed by atoms with Crippen LogP contribution in [0.5, 0.6) is 11.5 Å². The van der Waals surface area contributed by atoms with Crippen LogP contribution in [0.4, 0.5) is 0 Å². The number of phenols is 1. The summed E-state index contributed by atoms with van der Waals surface area (Å²) in [6.07, 6.45) is -0.410. The van der Waals surface area contributed by atoms with Crippen LogP contribution >= 0.6 is 7.68 Å². The molecule has 0 aromatic heterocycles. The van der Waals surface area contributed by atoms with Crippen LogP contribution in [-0.4, -0.2) is 11.5 Å². The summed E-state index contributed by atoms with van der Waals surface area (Å²) in [7, 11) is -2.57. The molecule has 64 valence electrons. The van der Waals surface area contributed by atoms with Gasteiger partial charge in [0.15, 0.2) is 17.8 Å². The zero-order chi connectivity index (χ0) is 8.97. The molecule has 12 heavy (non-hydrogen) atoms. The second kappa shape index (κ2) is 3.93. The summed E-state index contributed by atoms with van der Waals surface area (Å²) in [6, 6.07) is 6.19. The summed E-state index contributed by atoms with van der Waals surface area (Å²) in [4.78, 5) is 0. The quantitative estimate of drug-likeness (QED) is 0.732. The van der Waals surface area contributed by atoms with E-state index in [-0.39, 0.29) is 11.5 Å². The third-order valence-electron chi connectivity index (χ3n) is 1.19. The van der Waals surface area contributed by atoms with Crippen LogP contribution in [0.25, 0.3) is 0 Å². The lowest BCUT2D eigenvalue weighted by atomic mass is 10.3. The Morgan fingerprint density at radius 1 is 1.33 bits per heavy atom. The molecule has 0 unspecified atom stereocenters. The molecule has 0 radical (unpaired) electrons. The first-order valence-electron chi connectivity index (χ1n) is 3.23. The molecule has 0 heterocycles. The van der Waals surface area contributed by atoms with Gasteiger partial charge < -0.3 is 9.84 Å². The van der Waals surface area contributed by atoms with E-state index in [0.29, 0.717) is 0 Å². The van der Waals surface area contributed by atoms with Gasteiger partial charge >= 0.3 is 7.68 Å². The summed E-state index contributed by atoms with van der Waals surface area (Å²) in [6.45, 7) is 0. The van der Waals surface area contributed by atoms with Crippen molar-refractivity contribution in [3.63, 3.8) is 0 Å². The smallest absolute Gasteiger partial charge is 0.354 e. The maximum Gasteiger partial charge on any atom is 0.354 e. The summed E-state index contributed by atoms with van der Waals surface area (Å²) in [5.41, 5.74) is 0. The van der Waals surface area contributed by atoms with Crippen molar-refractivity contribution in [3.05, 3.63) is 24.3 Å². The fraction of sp³-hybridized carbons (Fsp3) is 0.143. The molecule has 1 rings (SSSR count). The standard InChI is InChI=1S/C7H7O4P/c8-6-3-1-2-4-7(6)11-5-12(9)10/h1-4,8H,5H2. The summed E-state index contributed by atoms with van der Waals surface area (Å²) >= 11 is 0. The highest BCUT2D eigenvalue weighted by molar-refractivity contribution is 7.30. The molecular weight excluding hydrogens is 179 g/mol. The lowest BCUT2D eigenvalue weighted by molar-refractivity contribution is 0.344. The number of phenolic OH excluding ortho intramolecular Hbond substituents is 1. The monoisotopic (exact) mass is 186 g/mol. The average Bonchev–Trinajstić information content (AvgIpc) is 2.03. The maximum absolute atomic E-state index is 10.1. The van der Waals surface area contributed by atoms with Crippen LogP contribution < -0.4 is 4.74 Å². The van der Waals surface area contributed by atoms with E-state index in [4.69, 9.17) is 9.84 Å². The van der Waals surface area contributed by atoms with Gasteiger partial charge in [-0.15, -0.1) is 0 Å². The molecule has 0 amide bonds. The van der Waals surface area contributed by atoms with Crippen molar-refractivity contribution in [1.29, 1.82) is 0 Å². The van der Waals surface area contributed by atoms with Gasteiger partial charge in [-0.2, -0.15) is 0 Å². The van der Waals surface area contributed by atoms with E-state index >= 15 is 0 Å². The predicted octanol–water partition coefficient (Wildman–Crippen LogP) is 1.90. The second-order valence-corrected chi connectivity index (χ2v) is 3.00. The molecule has 1 aromatic carbocycles. The highest BCUT2D eigenvalue weighted by Gasteiger charge is 2.00. The summed E-state index contributed by atoms with van der Waals surface area (Å²) in [5.74, 6) is 0.117. The van der Waals surface area contributed by atoms with Crippen molar-refractivity contribution in [2.75, 3.05) is 6.35 Å². The molecule has 0 aliphatic carbocycles. The first-order valence-corrected chi connectivity index (χ1v) is 4.59. The van der Waals surface area contributed by atoms with Crippen molar-refractivity contribution in [3.8, 4) is 11.5 Å². The highest BCUT2D eigenvalue weighted by atomic mass is 31.1. The Labute approximate surface area is 69.6 Å². The van der Waals surface area contributed by atoms with Crippen LogP contribution in [-0.2, 0) is 9.13 Å². The molecule has 1 aromatic rings. The predicted molar refractivity (Wildman–Crippen MR) is 41.9 cm³/mol. The maximum atomic E-state index is 10.1. The number of para-hydroxylation sites is 2. The van der Waals surface area contributed by atoms with Gasteiger partial charge in [0.25, 0.3) is 0 Å². The SMILES string of the molecule is O=P(=O)COc1ccccc1O. The topological polar surface area (TPSA) is 63.6 Å². The van der Waals surface area contributed by atoms with Gasteiger partial charge in [0.2, 0.25) is 0 Å². The molecule has 0 aliphatic heterocycles. The highest BCUT2D eigenvalue weighted by Crippen LogP contribution is 2.25. The Bertz CT molecular complexity index is 324. The van der Waals surface area contributed by atoms with Gasteiger partial charge in [0, 0.05) is 0 Å². The zero-order valence-corrected chi connectivity index (χ0v) is 7.03. The van der Waals surface area contributed by atoms with Gasteiger partial charge in [0.05, 0.1) is 0 Å². The van der Waals surface area contributed by atoms with Gasteiger partial charge in [-0.3, -0.25) is 0 Å². The summed E-state index contributed by atoms with van der Waals surface area (Å²) < 4.78 is 25.0. The van der Waals surface area contributed by atoms with E-state index in [9.17, 15) is 9.13 Å². The molecule has 1 N–H and O–H groups in total. The van der Waals surface area contributed by atoms with Crippen LogP contribution in [0.1, 0.15) is 0 Å². The van der Waals surface area contributed by atoms with Gasteiger partial charge in [-0.25, -0.2) is 9.13 Å². The van der Waals surface area contributed by atoms with Crippen molar-refractivity contribution >= 4 is 7.68 Å². The van der Waals surface area contributed by atoms with E-state index < -0.39 is 14.0 Å². The van der Waals surface area contributed by atoms with Crippen LogP contribution in [0.3, 0.4) is 0 Å². The van der Waals surface area contributed by atoms with E-state index in [1.54, 1.807) is 12.1 Å². The molecule has 0 saturated heterocycles. The normalized spacial score (nSPS) is 9.33. The molecule has 0 spiro atoms. The lowest BCUT2D eigenvalue weighted by Gasteiger charge is -2.01. The molecule has 5 heteroatoms. The second-order valence-electron chi connectivity index (χ2n) is 2.07. The first kappa shape index (κ1) is 8.81. The Morgan fingerprint density at radius 2 is 2.00 bits per heavy atom. The van der Waals surface area contributed by atoms with Crippen molar-refractivity contribution < 1.29 is 19.0 Å². The molecule has 0 bridgehead atoms. The van der Waals surface area contributed by atoms with Crippen molar-refractivity contribution in [1.82, 2.24) is 0 Å². The van der Waals surface area contributed by atoms with Crippen LogP contribution in [0, 0.1) is 0 Å². The lowest BCUT2D eigenvalue weighted by Crippen LogP contribution is -1.89. The minimum absolute atomic E-state index is 0.0608. The first-order chi connectivity index (χ1) is 5.70. The minimum atomic E-state index is -2.57. The largest absolute Gasteiger partial charge is 0.504 e. The number of benzene rings is 1. The molecule has 0 aliphatic rings. The van der Waals surface area contributed by atoms with E-state index in [2.05, 4.69) is 0 Å². The number of aromatic hydroxyl groups is 1. The third kappa shape index (κ3) is 2.40. The number of ether oxygens (including phenoxy) is 1. The van der Waals surface area contributed by atoms with E-state index in [0.717, 1.165) is 0 Å². The third-order valence-corrected chi connectivity index (χ3v) is 1.53. The van der Waals surface area contributed by atoms with Gasteiger partial charge in [-0.05, 0) is 12.1 Å². The number of hydrogen-bond acceptors (Lipinski definition) is 4. The van der Waals surface area contributed by atoms with E-state index in [1.165, 1.54) is 12.1 Å². The van der Waals surface area contributed by atoms with Crippen LogP contribution in [0.15, 0.2) is 24.3 Å². The molecular formula is C7H7O4P. The van der Waals surface area contributed by atoms with Crippen molar-refractivity contribution in [2.24, 2.45) is 0 Å². The van der Waals surface area contributed by atoms with Gasteiger partial charge in [-0.1, -0.05) is 12.1 Å². The molecule has 0 fully saturated rings. The number of rotatable bonds is 3. The minimum Gasteiger partial charge on any atom is -0.504 e. The van der Waals surface area contributed by atoms with Crippen molar-refractivity contribution in [2.45, 2.75) is 0 Å². The van der Waals surface area contributed by atoms with Crippen LogP contribution in [0.2, 0.25) is 0 Å². The number of hydrogen-bond donors (Lipinski definition) is 1. The Kier molecular flexibility index (Phi) is 2.88. The zero-order valence-electron chi connectivity index (χ0n) is 6.14. The Hall–Kier alpha value is -1.28. The fourth-order valence-corrected chi connectivity index (χ4v) is 0.946. The fourth-order valence-electron chi connectivity index (χ4n) is 0.701. The Balaban J connectivity index is 2.69. The molecule has 0 saturated carbocycles. The van der Waals surface area contributed by atoms with Gasteiger partial charge in [0.1, 0.15) is 0 Å². The molecule has 0 atom stereocenters. The summed E-state index contributed by atoms with van der Waals surface area (Å²) in [5, 5.41) is 9.10. The Morgan fingerprint density at radius 3 is 2.58 bits per heavy atom.